The van der Waals surface area contributed by atoms with Crippen molar-refractivity contribution in [3.05, 3.63) is 69.3 Å². The maximum Gasteiger partial charge on any atom is 0.306 e. The molecule has 0 bridgehead atoms. The number of hydrogen-bond acceptors (Lipinski definition) is 10. The first-order valence-corrected chi connectivity index (χ1v) is 15.2. The molecule has 7 unspecified atom stereocenters. The van der Waals surface area contributed by atoms with Crippen LogP contribution in [-0.4, -0.2) is 46.4 Å². The summed E-state index contributed by atoms with van der Waals surface area (Å²) in [5.41, 5.74) is 1.58. The van der Waals surface area contributed by atoms with E-state index in [1.165, 1.54) is 0 Å². The van der Waals surface area contributed by atoms with Crippen molar-refractivity contribution >= 4 is 23.5 Å². The summed E-state index contributed by atoms with van der Waals surface area (Å²) >= 11 is 0. The fourth-order valence-electron chi connectivity index (χ4n) is 8.48. The second-order valence-corrected chi connectivity index (χ2v) is 13.0. The number of Topliss-reactive ketones (excluding diaryl/α,β-unsaturated/α-hetero) is 1. The fourth-order valence-corrected chi connectivity index (χ4v) is 8.48. The third-order valence-electron chi connectivity index (χ3n) is 10.5. The molecule has 0 heterocycles. The molecule has 236 valence electrons. The van der Waals surface area contributed by atoms with Crippen molar-refractivity contribution in [1.29, 1.82) is 0 Å². The molecular weight excluding hydrogens is 570 g/mol. The zero-order chi connectivity index (χ0) is 31.6. The summed E-state index contributed by atoms with van der Waals surface area (Å²) in [7, 11) is 0. The van der Waals surface area contributed by atoms with Crippen molar-refractivity contribution in [1.82, 2.24) is 0 Å². The number of fused-ring (bicyclic) bond motifs is 5. The normalized spacial score (nSPS) is 32.0. The van der Waals surface area contributed by atoms with E-state index in [1.807, 2.05) is 6.08 Å². The number of aliphatic hydroxyl groups is 1. The Kier molecular flexibility index (Phi) is 9.06. The first kappa shape index (κ1) is 31.6. The number of hydrogen-bond donors (Lipinski definition) is 1. The summed E-state index contributed by atoms with van der Waals surface area (Å²) in [5, 5.41) is 20.9. The highest BCUT2D eigenvalue weighted by atomic mass is 16.9. The van der Waals surface area contributed by atoms with Crippen molar-refractivity contribution in [2.45, 2.75) is 78.1 Å². The first-order chi connectivity index (χ1) is 20.9. The Bertz CT molecular complexity index is 1380. The van der Waals surface area contributed by atoms with Crippen molar-refractivity contribution in [2.75, 3.05) is 6.61 Å². The summed E-state index contributed by atoms with van der Waals surface area (Å²) in [5.74, 6) is -1.27. The van der Waals surface area contributed by atoms with Crippen LogP contribution in [0.4, 0.5) is 0 Å². The Morgan fingerprint density at radius 3 is 2.34 bits per heavy atom. The van der Waals surface area contributed by atoms with Gasteiger partial charge in [-0.05, 0) is 72.6 Å². The molecule has 11 nitrogen and oxygen atoms in total. The maximum absolute atomic E-state index is 13.4. The molecule has 5 rings (SSSR count). The predicted molar refractivity (Wildman–Crippen MR) is 155 cm³/mol. The van der Waals surface area contributed by atoms with Gasteiger partial charge in [-0.3, -0.25) is 19.2 Å². The minimum absolute atomic E-state index is 0.00348. The molecular formula is C33H39NO10. The molecule has 0 aromatic heterocycles. The van der Waals surface area contributed by atoms with Crippen LogP contribution < -0.4 is 0 Å². The molecule has 1 aromatic rings. The van der Waals surface area contributed by atoms with Crippen LogP contribution in [0.5, 0.6) is 0 Å². The van der Waals surface area contributed by atoms with E-state index in [-0.39, 0.29) is 73.3 Å². The average molecular weight is 610 g/mol. The van der Waals surface area contributed by atoms with Gasteiger partial charge in [0.05, 0.1) is 18.9 Å². The Balaban J connectivity index is 1.08. The molecule has 0 saturated heterocycles. The van der Waals surface area contributed by atoms with E-state index in [2.05, 4.69) is 18.7 Å². The monoisotopic (exact) mass is 609 g/mol. The van der Waals surface area contributed by atoms with Gasteiger partial charge in [0.25, 0.3) is 5.09 Å². The molecule has 1 aromatic carbocycles. The van der Waals surface area contributed by atoms with Gasteiger partial charge in [0.15, 0.2) is 11.6 Å². The van der Waals surface area contributed by atoms with Gasteiger partial charge in [-0.1, -0.05) is 49.8 Å². The van der Waals surface area contributed by atoms with E-state index in [0.717, 1.165) is 24.8 Å². The summed E-state index contributed by atoms with van der Waals surface area (Å²) in [6, 6.07) is 6.56. The van der Waals surface area contributed by atoms with Crippen LogP contribution in [0.1, 0.15) is 69.9 Å². The SMILES string of the molecule is CC12C=CC(=O)C=C1CCC1C2C(O)CC2(C)C(C(=O)COC(=O)CCC(=O)OCc3ccc(CO[N+](=O)[O-])cc3)CCC12. The van der Waals surface area contributed by atoms with E-state index in [0.29, 0.717) is 24.0 Å². The average Bonchev–Trinajstić information content (AvgIpc) is 3.33. The van der Waals surface area contributed by atoms with Crippen molar-refractivity contribution in [3.63, 3.8) is 0 Å². The largest absolute Gasteiger partial charge is 0.461 e. The van der Waals surface area contributed by atoms with E-state index >= 15 is 0 Å². The van der Waals surface area contributed by atoms with Gasteiger partial charge in [0.1, 0.15) is 19.8 Å². The Morgan fingerprint density at radius 2 is 1.66 bits per heavy atom. The third kappa shape index (κ3) is 6.33. The van der Waals surface area contributed by atoms with Crippen molar-refractivity contribution in [3.8, 4) is 0 Å². The van der Waals surface area contributed by atoms with E-state index in [4.69, 9.17) is 9.47 Å². The van der Waals surface area contributed by atoms with E-state index in [9.17, 15) is 34.4 Å². The molecule has 4 aliphatic carbocycles. The van der Waals surface area contributed by atoms with Crippen LogP contribution in [0.2, 0.25) is 0 Å². The van der Waals surface area contributed by atoms with Crippen LogP contribution in [0.3, 0.4) is 0 Å². The van der Waals surface area contributed by atoms with E-state index in [1.54, 1.807) is 36.4 Å². The topological polar surface area (TPSA) is 159 Å². The summed E-state index contributed by atoms with van der Waals surface area (Å²) in [6.45, 7) is 3.64. The second kappa shape index (κ2) is 12.6. The van der Waals surface area contributed by atoms with Crippen LogP contribution >= 0.6 is 0 Å². The zero-order valence-corrected chi connectivity index (χ0v) is 25.1. The zero-order valence-electron chi connectivity index (χ0n) is 25.1. The molecule has 0 aliphatic heterocycles. The number of rotatable bonds is 11. The smallest absolute Gasteiger partial charge is 0.306 e. The highest BCUT2D eigenvalue weighted by molar-refractivity contribution is 6.01. The van der Waals surface area contributed by atoms with Crippen LogP contribution in [0, 0.1) is 44.6 Å². The molecule has 7 atom stereocenters. The molecule has 4 aliphatic rings. The molecule has 3 saturated carbocycles. The van der Waals surface area contributed by atoms with Gasteiger partial charge < -0.3 is 19.4 Å². The third-order valence-corrected chi connectivity index (χ3v) is 10.5. The number of carbonyl (C=O) groups excluding carboxylic acids is 4. The Labute approximate surface area is 255 Å². The maximum atomic E-state index is 13.4. The number of benzene rings is 1. The lowest BCUT2D eigenvalue weighted by Gasteiger charge is -2.58. The number of esters is 2. The Hall–Kier alpha value is -3.86. The van der Waals surface area contributed by atoms with Gasteiger partial charge in [-0.25, -0.2) is 0 Å². The molecule has 3 fully saturated rings. The number of ketones is 2. The number of carbonyl (C=O) groups is 4. The lowest BCUT2D eigenvalue weighted by atomic mass is 9.46. The quantitative estimate of drug-likeness (QED) is 0.219. The molecule has 0 radical (unpaired) electrons. The Morgan fingerprint density at radius 1 is 1.00 bits per heavy atom. The second-order valence-electron chi connectivity index (χ2n) is 13.0. The number of nitrogens with zero attached hydrogens (tertiary/aromatic N) is 1. The molecule has 1 N–H and O–H groups in total. The lowest BCUT2D eigenvalue weighted by Crippen LogP contribution is -2.56. The predicted octanol–water partition coefficient (Wildman–Crippen LogP) is 4.23. The molecule has 0 spiro atoms. The minimum Gasteiger partial charge on any atom is -0.461 e. The van der Waals surface area contributed by atoms with Gasteiger partial charge in [0, 0.05) is 17.3 Å². The first-order valence-electron chi connectivity index (χ1n) is 15.2. The summed E-state index contributed by atoms with van der Waals surface area (Å²) in [6.07, 6.45) is 7.98. The van der Waals surface area contributed by atoms with Crippen LogP contribution in [0.15, 0.2) is 48.1 Å². The number of allylic oxidation sites excluding steroid dienone is 4. The summed E-state index contributed by atoms with van der Waals surface area (Å²) < 4.78 is 10.5. The summed E-state index contributed by atoms with van der Waals surface area (Å²) in [4.78, 5) is 64.5. The standard InChI is InChI=1S/C33H39NO10/c1-32-14-13-23(35)15-22(32)7-8-24-25-9-10-26(33(25,2)16-27(36)31(24)32)28(37)19-43-30(39)12-11-29(38)42-17-20-3-5-21(6-4-20)18-44-34(40)41/h3-6,13-15,24-27,31,36H,7-12,16-19H2,1-2H3. The fraction of sp³-hybridized carbons (Fsp3) is 0.576. The van der Waals surface area contributed by atoms with Gasteiger partial charge in [0.2, 0.25) is 0 Å². The van der Waals surface area contributed by atoms with E-state index < -0.39 is 28.5 Å². The minimum atomic E-state index is -0.874. The lowest BCUT2D eigenvalue weighted by molar-refractivity contribution is -0.763. The number of aliphatic hydroxyl groups excluding tert-OH is 1. The highest BCUT2D eigenvalue weighted by Crippen LogP contribution is 2.66. The van der Waals surface area contributed by atoms with Crippen molar-refractivity contribution in [2.24, 2.45) is 34.5 Å². The van der Waals surface area contributed by atoms with Gasteiger partial charge in [-0.2, -0.15) is 0 Å². The molecule has 0 amide bonds. The highest BCUT2D eigenvalue weighted by Gasteiger charge is 2.62. The van der Waals surface area contributed by atoms with Crippen LogP contribution in [0.25, 0.3) is 0 Å². The number of ether oxygens (including phenoxy) is 2. The van der Waals surface area contributed by atoms with Crippen LogP contribution in [-0.2, 0) is 46.7 Å². The molecule has 11 heteroatoms. The molecule has 44 heavy (non-hydrogen) atoms. The van der Waals surface area contributed by atoms with Crippen molar-refractivity contribution < 1.29 is 43.7 Å². The van der Waals surface area contributed by atoms with Gasteiger partial charge in [-0.15, -0.1) is 10.1 Å². The van der Waals surface area contributed by atoms with Gasteiger partial charge >= 0.3 is 11.9 Å².